The van der Waals surface area contributed by atoms with E-state index in [4.69, 9.17) is 4.98 Å². The molecule has 1 amide bonds. The van der Waals surface area contributed by atoms with Gasteiger partial charge < -0.3 is 10.6 Å². The molecule has 3 aromatic carbocycles. The molecule has 1 fully saturated rings. The minimum Gasteiger partial charge on any atom is -0.349 e. The van der Waals surface area contributed by atoms with E-state index in [0.717, 1.165) is 64.4 Å². The van der Waals surface area contributed by atoms with Gasteiger partial charge in [0.05, 0.1) is 15.7 Å². The van der Waals surface area contributed by atoms with Gasteiger partial charge in [0.15, 0.2) is 5.13 Å². The molecule has 0 spiro atoms. The molecule has 7 heteroatoms. The molecule has 0 saturated carbocycles. The quantitative estimate of drug-likeness (QED) is 0.304. The van der Waals surface area contributed by atoms with Crippen LogP contribution in [0.2, 0.25) is 0 Å². The van der Waals surface area contributed by atoms with Crippen molar-refractivity contribution in [3.05, 3.63) is 96.2 Å². The van der Waals surface area contributed by atoms with Crippen LogP contribution in [-0.4, -0.2) is 39.9 Å². The summed E-state index contributed by atoms with van der Waals surface area (Å²) in [6.45, 7) is 2.96. The van der Waals surface area contributed by atoms with Crippen molar-refractivity contribution in [2.75, 3.05) is 18.4 Å². The number of piperidine rings is 1. The predicted octanol–water partition coefficient (Wildman–Crippen LogP) is 5.98. The number of benzene rings is 3. The number of hydrogen-bond acceptors (Lipinski definition) is 6. The Morgan fingerprint density at radius 2 is 1.78 bits per heavy atom. The molecule has 6 nitrogen and oxygen atoms in total. The monoisotopic (exact) mass is 493 g/mol. The van der Waals surface area contributed by atoms with Crippen molar-refractivity contribution in [2.45, 2.75) is 25.4 Å². The second-order valence-corrected chi connectivity index (χ2v) is 10.3. The van der Waals surface area contributed by atoms with Crippen LogP contribution in [0, 0.1) is 0 Å². The molecule has 0 aliphatic carbocycles. The molecule has 1 aliphatic rings. The molecule has 0 radical (unpaired) electrons. The average molecular weight is 494 g/mol. The zero-order valence-electron chi connectivity index (χ0n) is 19.9. The summed E-state index contributed by atoms with van der Waals surface area (Å²) >= 11 is 1.55. The number of hydrogen-bond donors (Lipinski definition) is 2. The van der Waals surface area contributed by atoms with Crippen molar-refractivity contribution >= 4 is 49.2 Å². The number of anilines is 2. The Morgan fingerprint density at radius 1 is 0.944 bits per heavy atom. The van der Waals surface area contributed by atoms with Crippen molar-refractivity contribution in [1.29, 1.82) is 0 Å². The molecule has 1 aliphatic heterocycles. The van der Waals surface area contributed by atoms with Gasteiger partial charge in [-0.3, -0.25) is 14.7 Å². The normalized spacial score (nSPS) is 14.8. The first-order valence-corrected chi connectivity index (χ1v) is 13.1. The van der Waals surface area contributed by atoms with Gasteiger partial charge in [-0.05, 0) is 60.9 Å². The predicted molar refractivity (Wildman–Crippen MR) is 147 cm³/mol. The van der Waals surface area contributed by atoms with Crippen molar-refractivity contribution in [3.8, 4) is 0 Å². The summed E-state index contributed by atoms with van der Waals surface area (Å²) in [5, 5.41) is 8.52. The fraction of sp³-hybridized carbons (Fsp3) is 0.207. The summed E-state index contributed by atoms with van der Waals surface area (Å²) in [5.41, 5.74) is 4.83. The highest BCUT2D eigenvalue weighted by molar-refractivity contribution is 7.22. The zero-order chi connectivity index (χ0) is 24.3. The lowest BCUT2D eigenvalue weighted by molar-refractivity contribution is 0.0909. The topological polar surface area (TPSA) is 70.2 Å². The molecule has 5 aromatic rings. The summed E-state index contributed by atoms with van der Waals surface area (Å²) in [7, 11) is 0. The van der Waals surface area contributed by atoms with Crippen molar-refractivity contribution in [3.63, 3.8) is 0 Å². The molecule has 2 N–H and O–H groups in total. The number of carbonyl (C=O) groups excluding carboxylic acids is 1. The van der Waals surface area contributed by atoms with Crippen LogP contribution in [0.5, 0.6) is 0 Å². The fourth-order valence-corrected chi connectivity index (χ4v) is 5.67. The molecule has 3 heterocycles. The van der Waals surface area contributed by atoms with Crippen LogP contribution >= 0.6 is 11.3 Å². The smallest absolute Gasteiger partial charge is 0.251 e. The maximum atomic E-state index is 13.0. The van der Waals surface area contributed by atoms with Crippen LogP contribution < -0.4 is 10.6 Å². The van der Waals surface area contributed by atoms with Gasteiger partial charge in [-0.1, -0.05) is 47.7 Å². The molecule has 6 rings (SSSR count). The minimum atomic E-state index is -0.0108. The Hall–Kier alpha value is -3.81. The molecular weight excluding hydrogens is 466 g/mol. The highest BCUT2D eigenvalue weighted by Gasteiger charge is 2.21. The van der Waals surface area contributed by atoms with Gasteiger partial charge in [0.2, 0.25) is 0 Å². The SMILES string of the molecule is O=C(NC1CCN(Cc2ccccc2)CC1)c1ccc2nc(Nc3ccc4ncccc4c3)sc2c1. The summed E-state index contributed by atoms with van der Waals surface area (Å²) in [6.07, 6.45) is 3.74. The van der Waals surface area contributed by atoms with Gasteiger partial charge in [-0.2, -0.15) is 0 Å². The first-order valence-electron chi connectivity index (χ1n) is 12.3. The first kappa shape index (κ1) is 22.6. The third kappa shape index (κ3) is 5.08. The first-order chi connectivity index (χ1) is 17.7. The summed E-state index contributed by atoms with van der Waals surface area (Å²) in [5.74, 6) is -0.0108. The third-order valence-electron chi connectivity index (χ3n) is 6.68. The molecular formula is C29H27N5OS. The van der Waals surface area contributed by atoms with Gasteiger partial charge in [0.25, 0.3) is 5.91 Å². The number of nitrogens with one attached hydrogen (secondary N) is 2. The van der Waals surface area contributed by atoms with E-state index in [-0.39, 0.29) is 11.9 Å². The zero-order valence-corrected chi connectivity index (χ0v) is 20.7. The number of likely N-dealkylation sites (tertiary alicyclic amines) is 1. The Kier molecular flexibility index (Phi) is 6.32. The van der Waals surface area contributed by atoms with Crippen LogP contribution in [0.25, 0.3) is 21.1 Å². The van der Waals surface area contributed by atoms with E-state index in [9.17, 15) is 4.79 Å². The number of thiazole rings is 1. The molecule has 36 heavy (non-hydrogen) atoms. The van der Waals surface area contributed by atoms with E-state index in [2.05, 4.69) is 56.9 Å². The highest BCUT2D eigenvalue weighted by atomic mass is 32.1. The van der Waals surface area contributed by atoms with Crippen LogP contribution in [0.1, 0.15) is 28.8 Å². The van der Waals surface area contributed by atoms with E-state index in [0.29, 0.717) is 5.56 Å². The Balaban J connectivity index is 1.08. The number of rotatable bonds is 6. The van der Waals surface area contributed by atoms with E-state index in [1.165, 1.54) is 5.56 Å². The number of nitrogens with zero attached hydrogens (tertiary/aromatic N) is 3. The lowest BCUT2D eigenvalue weighted by Crippen LogP contribution is -2.44. The number of aromatic nitrogens is 2. The second kappa shape index (κ2) is 10.0. The van der Waals surface area contributed by atoms with Crippen LogP contribution in [0.4, 0.5) is 10.8 Å². The van der Waals surface area contributed by atoms with Gasteiger partial charge in [0, 0.05) is 48.5 Å². The summed E-state index contributed by atoms with van der Waals surface area (Å²) in [4.78, 5) is 24.5. The van der Waals surface area contributed by atoms with Crippen molar-refractivity contribution in [2.24, 2.45) is 0 Å². The largest absolute Gasteiger partial charge is 0.349 e. The Bertz CT molecular complexity index is 1510. The number of amides is 1. The Labute approximate surface area is 214 Å². The number of pyridine rings is 1. The van der Waals surface area contributed by atoms with Crippen molar-refractivity contribution < 1.29 is 4.79 Å². The molecule has 180 valence electrons. The minimum absolute atomic E-state index is 0.0108. The Morgan fingerprint density at radius 3 is 2.64 bits per heavy atom. The van der Waals surface area contributed by atoms with E-state index in [1.807, 2.05) is 42.5 Å². The van der Waals surface area contributed by atoms with Gasteiger partial charge in [-0.25, -0.2) is 4.98 Å². The maximum absolute atomic E-state index is 13.0. The molecule has 0 unspecified atom stereocenters. The van der Waals surface area contributed by atoms with Crippen molar-refractivity contribution in [1.82, 2.24) is 20.2 Å². The fourth-order valence-electron chi connectivity index (χ4n) is 4.74. The maximum Gasteiger partial charge on any atom is 0.251 e. The number of fused-ring (bicyclic) bond motifs is 2. The van der Waals surface area contributed by atoms with E-state index in [1.54, 1.807) is 17.5 Å². The average Bonchev–Trinajstić information content (AvgIpc) is 3.32. The second-order valence-electron chi connectivity index (χ2n) is 9.25. The van der Waals surface area contributed by atoms with Crippen LogP contribution in [0.15, 0.2) is 85.1 Å². The molecule has 0 atom stereocenters. The number of carbonyl (C=O) groups is 1. The lowest BCUT2D eigenvalue weighted by Gasteiger charge is -2.32. The lowest BCUT2D eigenvalue weighted by atomic mass is 10.0. The molecule has 1 saturated heterocycles. The van der Waals surface area contributed by atoms with Crippen LogP contribution in [-0.2, 0) is 6.54 Å². The highest BCUT2D eigenvalue weighted by Crippen LogP contribution is 2.30. The van der Waals surface area contributed by atoms with Gasteiger partial charge in [-0.15, -0.1) is 0 Å². The standard InChI is InChI=1S/C29H27N5OS/c35-28(31-23-12-15-34(16-13-23)19-20-5-2-1-3-6-20)22-8-10-26-27(18-22)36-29(33-26)32-24-9-11-25-21(17-24)7-4-14-30-25/h1-11,14,17-18,23H,12-13,15-16,19H2,(H,31,35)(H,32,33). The van der Waals surface area contributed by atoms with Gasteiger partial charge in [0.1, 0.15) is 0 Å². The molecule has 0 bridgehead atoms. The summed E-state index contributed by atoms with van der Waals surface area (Å²) in [6, 6.07) is 26.6. The van der Waals surface area contributed by atoms with E-state index < -0.39 is 0 Å². The van der Waals surface area contributed by atoms with Gasteiger partial charge >= 0.3 is 0 Å². The summed E-state index contributed by atoms with van der Waals surface area (Å²) < 4.78 is 0.991. The third-order valence-corrected chi connectivity index (χ3v) is 7.61. The molecule has 2 aromatic heterocycles. The van der Waals surface area contributed by atoms with E-state index >= 15 is 0 Å². The van der Waals surface area contributed by atoms with Crippen LogP contribution in [0.3, 0.4) is 0 Å².